The van der Waals surface area contributed by atoms with E-state index in [1.54, 1.807) is 0 Å². The molecule has 1 aliphatic heterocycles. The zero-order chi connectivity index (χ0) is 12.7. The molecule has 0 amide bonds. The average Bonchev–Trinajstić information content (AvgIpc) is 2.39. The number of hydrogen-bond donors (Lipinski definition) is 0. The predicted octanol–water partition coefficient (Wildman–Crippen LogP) is 2.02. The van der Waals surface area contributed by atoms with Crippen molar-refractivity contribution in [1.29, 1.82) is 0 Å². The highest BCUT2D eigenvalue weighted by Gasteiger charge is 2.29. The van der Waals surface area contributed by atoms with Crippen LogP contribution >= 0.6 is 0 Å². The van der Waals surface area contributed by atoms with Crippen molar-refractivity contribution in [1.82, 2.24) is 9.80 Å². The first-order valence-electron chi connectivity index (χ1n) is 7.10. The number of rotatable bonds is 7. The largest absolute Gasteiger partial charge is 0.303 e. The van der Waals surface area contributed by atoms with E-state index >= 15 is 0 Å². The molecule has 1 rings (SSSR count). The lowest BCUT2D eigenvalue weighted by molar-refractivity contribution is -0.118. The standard InChI is InChI=1S/C14H28N2O/c1-4-7-15-8-10-16(11-9-15)12-14(5-2,6-3)13-17/h13H,4-12H2,1-3H3. The van der Waals surface area contributed by atoms with Gasteiger partial charge < -0.3 is 9.69 Å². The molecule has 1 heterocycles. The average molecular weight is 240 g/mol. The summed E-state index contributed by atoms with van der Waals surface area (Å²) in [6.07, 6.45) is 4.35. The van der Waals surface area contributed by atoms with Crippen molar-refractivity contribution in [3.63, 3.8) is 0 Å². The van der Waals surface area contributed by atoms with E-state index in [0.29, 0.717) is 0 Å². The van der Waals surface area contributed by atoms with Gasteiger partial charge in [-0.1, -0.05) is 20.8 Å². The van der Waals surface area contributed by atoms with Crippen molar-refractivity contribution in [2.45, 2.75) is 40.0 Å². The van der Waals surface area contributed by atoms with Crippen molar-refractivity contribution in [2.24, 2.45) is 5.41 Å². The molecule has 0 N–H and O–H groups in total. The molecule has 0 saturated carbocycles. The van der Waals surface area contributed by atoms with Crippen molar-refractivity contribution < 1.29 is 4.79 Å². The van der Waals surface area contributed by atoms with Crippen LogP contribution in [0.5, 0.6) is 0 Å². The lowest BCUT2D eigenvalue weighted by Gasteiger charge is -2.39. The number of carbonyl (C=O) groups is 1. The number of hydrogen-bond acceptors (Lipinski definition) is 3. The molecule has 0 radical (unpaired) electrons. The molecule has 17 heavy (non-hydrogen) atoms. The maximum Gasteiger partial charge on any atom is 0.127 e. The number of piperazine rings is 1. The molecule has 0 aromatic heterocycles. The Bertz CT molecular complexity index is 218. The summed E-state index contributed by atoms with van der Waals surface area (Å²) in [7, 11) is 0. The van der Waals surface area contributed by atoms with Gasteiger partial charge in [-0.2, -0.15) is 0 Å². The van der Waals surface area contributed by atoms with Gasteiger partial charge in [-0.05, 0) is 25.8 Å². The first kappa shape index (κ1) is 14.7. The van der Waals surface area contributed by atoms with Crippen LogP contribution in [0.25, 0.3) is 0 Å². The third-order valence-electron chi connectivity index (χ3n) is 4.20. The Morgan fingerprint density at radius 3 is 1.94 bits per heavy atom. The molecular formula is C14H28N2O. The van der Waals surface area contributed by atoms with Crippen LogP contribution in [0, 0.1) is 5.41 Å². The third-order valence-corrected chi connectivity index (χ3v) is 4.20. The summed E-state index contributed by atoms with van der Waals surface area (Å²) in [4.78, 5) is 16.3. The van der Waals surface area contributed by atoms with E-state index in [2.05, 4.69) is 30.6 Å². The Kier molecular flexibility index (Phi) is 6.14. The Hall–Kier alpha value is -0.410. The summed E-state index contributed by atoms with van der Waals surface area (Å²) in [5.74, 6) is 0. The Morgan fingerprint density at radius 2 is 1.53 bits per heavy atom. The highest BCUT2D eigenvalue weighted by atomic mass is 16.1. The van der Waals surface area contributed by atoms with Gasteiger partial charge in [-0.25, -0.2) is 0 Å². The molecule has 0 unspecified atom stereocenters. The fourth-order valence-electron chi connectivity index (χ4n) is 2.61. The van der Waals surface area contributed by atoms with Gasteiger partial charge in [0.15, 0.2) is 0 Å². The summed E-state index contributed by atoms with van der Waals surface area (Å²) in [6.45, 7) is 13.2. The Morgan fingerprint density at radius 1 is 1.00 bits per heavy atom. The SMILES string of the molecule is CCCN1CCN(CC(C=O)(CC)CC)CC1. The van der Waals surface area contributed by atoms with E-state index in [1.165, 1.54) is 19.3 Å². The lowest BCUT2D eigenvalue weighted by atomic mass is 9.83. The van der Waals surface area contributed by atoms with E-state index in [0.717, 1.165) is 45.6 Å². The molecule has 3 nitrogen and oxygen atoms in total. The second-order valence-electron chi connectivity index (χ2n) is 5.31. The monoisotopic (exact) mass is 240 g/mol. The number of aldehydes is 1. The fourth-order valence-corrected chi connectivity index (χ4v) is 2.61. The normalized spacial score (nSPS) is 19.5. The second-order valence-corrected chi connectivity index (χ2v) is 5.31. The second kappa shape index (κ2) is 7.12. The zero-order valence-electron chi connectivity index (χ0n) is 11.7. The van der Waals surface area contributed by atoms with Crippen LogP contribution in [0.2, 0.25) is 0 Å². The smallest absolute Gasteiger partial charge is 0.127 e. The summed E-state index contributed by atoms with van der Waals surface area (Å²) in [6, 6.07) is 0. The minimum atomic E-state index is -0.104. The fraction of sp³-hybridized carbons (Fsp3) is 0.929. The van der Waals surface area contributed by atoms with Crippen molar-refractivity contribution >= 4 is 6.29 Å². The maximum absolute atomic E-state index is 11.3. The van der Waals surface area contributed by atoms with E-state index in [9.17, 15) is 4.79 Å². The highest BCUT2D eigenvalue weighted by Crippen LogP contribution is 2.25. The topological polar surface area (TPSA) is 23.6 Å². The molecular weight excluding hydrogens is 212 g/mol. The minimum absolute atomic E-state index is 0.104. The Labute approximate surface area is 106 Å². The van der Waals surface area contributed by atoms with Gasteiger partial charge in [-0.3, -0.25) is 4.90 Å². The van der Waals surface area contributed by atoms with Crippen LogP contribution in [0.4, 0.5) is 0 Å². The summed E-state index contributed by atoms with van der Waals surface area (Å²) < 4.78 is 0. The first-order chi connectivity index (χ1) is 8.19. The summed E-state index contributed by atoms with van der Waals surface area (Å²) >= 11 is 0. The van der Waals surface area contributed by atoms with Crippen LogP contribution < -0.4 is 0 Å². The summed E-state index contributed by atoms with van der Waals surface area (Å²) in [5, 5.41) is 0. The molecule has 0 atom stereocenters. The molecule has 0 aromatic rings. The van der Waals surface area contributed by atoms with E-state index in [4.69, 9.17) is 0 Å². The van der Waals surface area contributed by atoms with Gasteiger partial charge >= 0.3 is 0 Å². The third kappa shape index (κ3) is 4.07. The molecule has 1 fully saturated rings. The highest BCUT2D eigenvalue weighted by molar-refractivity contribution is 5.59. The van der Waals surface area contributed by atoms with Crippen LogP contribution in [-0.2, 0) is 4.79 Å². The van der Waals surface area contributed by atoms with Crippen LogP contribution in [0.3, 0.4) is 0 Å². The van der Waals surface area contributed by atoms with Crippen molar-refractivity contribution in [2.75, 3.05) is 39.3 Å². The van der Waals surface area contributed by atoms with Crippen LogP contribution in [0.1, 0.15) is 40.0 Å². The van der Waals surface area contributed by atoms with E-state index < -0.39 is 0 Å². The van der Waals surface area contributed by atoms with Gasteiger partial charge in [0.2, 0.25) is 0 Å². The molecule has 1 aliphatic rings. The van der Waals surface area contributed by atoms with Crippen LogP contribution in [0.15, 0.2) is 0 Å². The lowest BCUT2D eigenvalue weighted by Crippen LogP contribution is -2.50. The first-order valence-corrected chi connectivity index (χ1v) is 7.10. The molecule has 0 aromatic carbocycles. The maximum atomic E-state index is 11.3. The number of nitrogens with zero attached hydrogens (tertiary/aromatic N) is 2. The quantitative estimate of drug-likeness (QED) is 0.636. The Balaban J connectivity index is 2.41. The molecule has 0 spiro atoms. The van der Waals surface area contributed by atoms with E-state index in [1.807, 2.05) is 0 Å². The summed E-state index contributed by atoms with van der Waals surface area (Å²) in [5.41, 5.74) is -0.104. The zero-order valence-corrected chi connectivity index (χ0v) is 11.7. The van der Waals surface area contributed by atoms with Gasteiger partial charge in [-0.15, -0.1) is 0 Å². The van der Waals surface area contributed by atoms with Crippen LogP contribution in [-0.4, -0.2) is 55.4 Å². The van der Waals surface area contributed by atoms with Crippen molar-refractivity contribution in [3.05, 3.63) is 0 Å². The van der Waals surface area contributed by atoms with Gasteiger partial charge in [0.05, 0.1) is 0 Å². The van der Waals surface area contributed by atoms with Gasteiger partial charge in [0, 0.05) is 38.1 Å². The van der Waals surface area contributed by atoms with Gasteiger partial charge in [0.1, 0.15) is 6.29 Å². The predicted molar refractivity (Wildman–Crippen MR) is 72.3 cm³/mol. The van der Waals surface area contributed by atoms with Crippen molar-refractivity contribution in [3.8, 4) is 0 Å². The number of carbonyl (C=O) groups excluding carboxylic acids is 1. The molecule has 0 aliphatic carbocycles. The van der Waals surface area contributed by atoms with E-state index in [-0.39, 0.29) is 5.41 Å². The van der Waals surface area contributed by atoms with Gasteiger partial charge in [0.25, 0.3) is 0 Å². The molecule has 1 saturated heterocycles. The molecule has 3 heteroatoms. The molecule has 0 bridgehead atoms. The minimum Gasteiger partial charge on any atom is -0.303 e. The molecule has 100 valence electrons.